The van der Waals surface area contributed by atoms with Crippen LogP contribution in [-0.4, -0.2) is 42.7 Å². The molecule has 2 aromatic carbocycles. The van der Waals surface area contributed by atoms with Gasteiger partial charge in [0.25, 0.3) is 5.88 Å². The number of nitrogens with zero attached hydrogens (tertiary/aromatic N) is 3. The maximum atomic E-state index is 13.9. The largest absolute Gasteiger partial charge is 0.378 e. The van der Waals surface area contributed by atoms with Crippen LogP contribution in [0.15, 0.2) is 64.1 Å². The Morgan fingerprint density at radius 3 is 2.61 bits per heavy atom. The lowest BCUT2D eigenvalue weighted by atomic mass is 10.0. The fraction of sp³-hybridized carbons (Fsp3) is 0.273. The second-order valence-electron chi connectivity index (χ2n) is 6.64. The molecule has 0 saturated carbocycles. The fourth-order valence-corrected chi connectivity index (χ4v) is 3.07. The van der Waals surface area contributed by atoms with Gasteiger partial charge in [-0.05, 0) is 30.0 Å². The topological polar surface area (TPSA) is 50.9 Å². The molecule has 1 aliphatic heterocycles. The predicted octanol–water partition coefficient (Wildman–Crippen LogP) is 4.13. The van der Waals surface area contributed by atoms with Crippen molar-refractivity contribution < 1.29 is 13.7 Å². The first-order chi connectivity index (χ1) is 13.8. The van der Waals surface area contributed by atoms with Crippen LogP contribution in [0.1, 0.15) is 11.3 Å². The number of hydrogen-bond donors (Lipinski definition) is 0. The third-order valence-electron chi connectivity index (χ3n) is 4.67. The monoisotopic (exact) mass is 378 g/mol. The molecule has 1 aliphatic rings. The third-order valence-corrected chi connectivity index (χ3v) is 4.67. The van der Waals surface area contributed by atoms with Crippen molar-refractivity contribution in [2.24, 2.45) is 4.99 Å². The molecular formula is C22H21FN3O2. The molecule has 28 heavy (non-hydrogen) atoms. The van der Waals surface area contributed by atoms with Gasteiger partial charge in [-0.15, -0.1) is 0 Å². The van der Waals surface area contributed by atoms with E-state index in [9.17, 15) is 4.39 Å². The van der Waals surface area contributed by atoms with Crippen molar-refractivity contribution >= 4 is 12.2 Å². The van der Waals surface area contributed by atoms with Crippen molar-refractivity contribution in [1.82, 2.24) is 10.1 Å². The summed E-state index contributed by atoms with van der Waals surface area (Å²) >= 11 is 0. The molecule has 0 unspecified atom stereocenters. The molecule has 4 rings (SSSR count). The molecule has 0 aliphatic carbocycles. The molecule has 2 heterocycles. The van der Waals surface area contributed by atoms with Crippen LogP contribution in [0.4, 0.5) is 10.3 Å². The minimum absolute atomic E-state index is 0.209. The van der Waals surface area contributed by atoms with Crippen LogP contribution in [-0.2, 0) is 17.6 Å². The highest BCUT2D eigenvalue weighted by Crippen LogP contribution is 2.23. The lowest BCUT2D eigenvalue weighted by molar-refractivity contribution is 0.0700. The van der Waals surface area contributed by atoms with Crippen molar-refractivity contribution in [3.63, 3.8) is 0 Å². The van der Waals surface area contributed by atoms with Crippen LogP contribution in [0.5, 0.6) is 0 Å². The number of aliphatic imine (C=N–C) groups is 1. The molecule has 1 radical (unpaired) electrons. The molecule has 143 valence electrons. The van der Waals surface area contributed by atoms with Gasteiger partial charge < -0.3 is 14.2 Å². The minimum atomic E-state index is -0.209. The van der Waals surface area contributed by atoms with Gasteiger partial charge in [-0.1, -0.05) is 47.6 Å². The van der Waals surface area contributed by atoms with Gasteiger partial charge in [0.1, 0.15) is 5.82 Å². The lowest BCUT2D eigenvalue weighted by Gasteiger charge is -2.22. The zero-order chi connectivity index (χ0) is 19.2. The summed E-state index contributed by atoms with van der Waals surface area (Å²) < 4.78 is 24.4. The molecule has 0 amide bonds. The molecule has 1 aromatic heterocycles. The van der Waals surface area contributed by atoms with E-state index in [1.807, 2.05) is 41.3 Å². The number of rotatable bonds is 6. The number of morpholine rings is 1. The van der Waals surface area contributed by atoms with Crippen LogP contribution >= 0.6 is 0 Å². The zero-order valence-corrected chi connectivity index (χ0v) is 15.5. The number of aromatic nitrogens is 1. The zero-order valence-electron chi connectivity index (χ0n) is 15.5. The van der Waals surface area contributed by atoms with E-state index >= 15 is 0 Å². The first-order valence-electron chi connectivity index (χ1n) is 9.36. The van der Waals surface area contributed by atoms with Gasteiger partial charge in [-0.25, -0.2) is 4.39 Å². The van der Waals surface area contributed by atoms with E-state index in [0.29, 0.717) is 24.7 Å². The second kappa shape index (κ2) is 8.80. The van der Waals surface area contributed by atoms with Crippen molar-refractivity contribution in [2.75, 3.05) is 26.3 Å². The standard InChI is InChI=1S/C22H21FN3O2/c23-21-4-2-1-3-20(21)18-8-5-17(6-9-18)7-10-19-15-22(28-25-19)24-16-26-11-13-27-14-12-26/h1-6,8-9,15H,7,10-14H2. The Kier molecular flexibility index (Phi) is 5.77. The summed E-state index contributed by atoms with van der Waals surface area (Å²) in [6.07, 6.45) is 4.53. The van der Waals surface area contributed by atoms with E-state index in [1.165, 1.54) is 6.07 Å². The molecule has 3 aromatic rings. The summed E-state index contributed by atoms with van der Waals surface area (Å²) in [7, 11) is 0. The summed E-state index contributed by atoms with van der Waals surface area (Å²) in [6.45, 7) is 2.96. The Morgan fingerprint density at radius 2 is 1.82 bits per heavy atom. The molecule has 0 N–H and O–H groups in total. The van der Waals surface area contributed by atoms with Gasteiger partial charge in [0, 0.05) is 24.7 Å². The van der Waals surface area contributed by atoms with E-state index < -0.39 is 0 Å². The van der Waals surface area contributed by atoms with E-state index in [0.717, 1.165) is 42.8 Å². The summed E-state index contributed by atoms with van der Waals surface area (Å²) in [4.78, 5) is 6.19. The predicted molar refractivity (Wildman–Crippen MR) is 105 cm³/mol. The van der Waals surface area contributed by atoms with Gasteiger partial charge in [0.2, 0.25) is 0 Å². The van der Waals surface area contributed by atoms with Crippen molar-refractivity contribution in [1.29, 1.82) is 0 Å². The second-order valence-corrected chi connectivity index (χ2v) is 6.64. The highest BCUT2D eigenvalue weighted by Gasteiger charge is 2.09. The summed E-state index contributed by atoms with van der Waals surface area (Å²) in [5, 5.41) is 4.07. The molecule has 1 saturated heterocycles. The van der Waals surface area contributed by atoms with E-state index in [4.69, 9.17) is 9.26 Å². The highest BCUT2D eigenvalue weighted by atomic mass is 19.1. The Bertz CT molecular complexity index is 931. The summed E-state index contributed by atoms with van der Waals surface area (Å²) in [6, 6.07) is 16.6. The smallest absolute Gasteiger partial charge is 0.252 e. The Labute approximate surface area is 163 Å². The lowest BCUT2D eigenvalue weighted by Crippen LogP contribution is -2.34. The first-order valence-corrected chi connectivity index (χ1v) is 9.36. The maximum absolute atomic E-state index is 13.9. The number of halogens is 1. The van der Waals surface area contributed by atoms with Gasteiger partial charge in [0.15, 0.2) is 6.34 Å². The molecule has 0 atom stereocenters. The van der Waals surface area contributed by atoms with E-state index in [2.05, 4.69) is 16.5 Å². The van der Waals surface area contributed by atoms with Crippen molar-refractivity contribution in [3.8, 4) is 11.1 Å². The van der Waals surface area contributed by atoms with Crippen molar-refractivity contribution in [3.05, 3.63) is 71.7 Å². The van der Waals surface area contributed by atoms with E-state index in [-0.39, 0.29) is 5.82 Å². The quantitative estimate of drug-likeness (QED) is 0.478. The number of aryl methyl sites for hydroxylation is 2. The van der Waals surface area contributed by atoms with Gasteiger partial charge in [-0.3, -0.25) is 0 Å². The van der Waals surface area contributed by atoms with E-state index in [1.54, 1.807) is 12.1 Å². The Morgan fingerprint density at radius 1 is 1.04 bits per heavy atom. The molecule has 0 bridgehead atoms. The van der Waals surface area contributed by atoms with Crippen LogP contribution in [0, 0.1) is 5.82 Å². The Balaban J connectivity index is 1.33. The normalized spacial score (nSPS) is 14.7. The average molecular weight is 378 g/mol. The van der Waals surface area contributed by atoms with Gasteiger partial charge in [-0.2, -0.15) is 4.99 Å². The molecule has 1 fully saturated rings. The fourth-order valence-electron chi connectivity index (χ4n) is 3.07. The molecule has 0 spiro atoms. The Hall–Kier alpha value is -2.99. The number of hydrogen-bond acceptors (Lipinski definition) is 4. The van der Waals surface area contributed by atoms with Gasteiger partial charge >= 0.3 is 0 Å². The summed E-state index contributed by atoms with van der Waals surface area (Å²) in [5.74, 6) is 0.246. The van der Waals surface area contributed by atoms with Crippen LogP contribution in [0.2, 0.25) is 0 Å². The third kappa shape index (κ3) is 4.64. The van der Waals surface area contributed by atoms with Crippen molar-refractivity contribution in [2.45, 2.75) is 12.8 Å². The van der Waals surface area contributed by atoms with Crippen LogP contribution < -0.4 is 0 Å². The maximum Gasteiger partial charge on any atom is 0.252 e. The average Bonchev–Trinajstić information content (AvgIpc) is 3.20. The molecular weight excluding hydrogens is 357 g/mol. The van der Waals surface area contributed by atoms with Gasteiger partial charge in [0.05, 0.1) is 18.9 Å². The highest BCUT2D eigenvalue weighted by molar-refractivity contribution is 5.64. The first kappa shape index (κ1) is 18.4. The molecule has 5 nitrogen and oxygen atoms in total. The number of ether oxygens (including phenoxy) is 1. The minimum Gasteiger partial charge on any atom is -0.378 e. The van der Waals surface area contributed by atoms with Crippen LogP contribution in [0.3, 0.4) is 0 Å². The number of benzene rings is 2. The van der Waals surface area contributed by atoms with Crippen LogP contribution in [0.25, 0.3) is 11.1 Å². The SMILES string of the molecule is Fc1ccccc1-c1ccc(CCc2cc(N=[C]N3CCOCC3)on2)cc1. The molecule has 6 heteroatoms. The summed E-state index contributed by atoms with van der Waals surface area (Å²) in [5.41, 5.74) is 3.50.